The number of carbonyl (C=O) groups excluding carboxylic acids is 2. The fourth-order valence-electron chi connectivity index (χ4n) is 5.32. The number of aliphatic imine (C=N–C) groups is 1. The Balaban J connectivity index is 1.30. The van der Waals surface area contributed by atoms with E-state index < -0.39 is 13.2 Å². The molecule has 45 heavy (non-hydrogen) atoms. The smallest absolute Gasteiger partial charge is 0.488 e. The standard InChI is InChI=1S/C33H35BClN5O5/c1-3-36-31(42)20-28-33-39-38-21(2)40(33)29-17-16-26(19-27(29)32(37-28)23-10-14-25(35)15-11-23)45-18-6-4-5-7-30(41)22-8-12-24(13-9-22)34(43)44/h8-17,19,28,43-44H,3-7,18,20H2,1-2H3,(H,36,42)/t28-/m0/s1. The molecule has 5 rings (SSSR count). The van der Waals surface area contributed by atoms with Gasteiger partial charge in [0.15, 0.2) is 11.6 Å². The molecule has 3 aromatic carbocycles. The molecule has 1 amide bonds. The second-order valence-corrected chi connectivity index (χ2v) is 11.3. The number of aryl methyl sites for hydroxylation is 1. The second-order valence-electron chi connectivity index (χ2n) is 10.9. The van der Waals surface area contributed by atoms with Crippen molar-refractivity contribution in [2.45, 2.75) is 52.0 Å². The maximum Gasteiger partial charge on any atom is 0.488 e. The van der Waals surface area contributed by atoms with Gasteiger partial charge in [-0.15, -0.1) is 10.2 Å². The quantitative estimate of drug-likeness (QED) is 0.115. The molecule has 1 aromatic heterocycles. The van der Waals surface area contributed by atoms with E-state index in [9.17, 15) is 19.6 Å². The van der Waals surface area contributed by atoms with E-state index in [-0.39, 0.29) is 18.1 Å². The Morgan fingerprint density at radius 1 is 1.00 bits per heavy atom. The molecule has 12 heteroatoms. The van der Waals surface area contributed by atoms with Crippen LogP contribution in [0.3, 0.4) is 0 Å². The Morgan fingerprint density at radius 3 is 2.47 bits per heavy atom. The Hall–Kier alpha value is -4.32. The minimum atomic E-state index is -1.55. The summed E-state index contributed by atoms with van der Waals surface area (Å²) in [5, 5.41) is 30.7. The predicted octanol–water partition coefficient (Wildman–Crippen LogP) is 4.15. The number of halogens is 1. The number of Topliss-reactive ketones (excluding diaryl/α,β-unsaturated/α-hetero) is 1. The second kappa shape index (κ2) is 14.6. The molecular weight excluding hydrogens is 593 g/mol. The molecule has 4 aromatic rings. The van der Waals surface area contributed by atoms with E-state index in [0.29, 0.717) is 65.2 Å². The third kappa shape index (κ3) is 7.68. The zero-order chi connectivity index (χ0) is 31.9. The van der Waals surface area contributed by atoms with Crippen LogP contribution in [0.2, 0.25) is 5.02 Å². The van der Waals surface area contributed by atoms with Crippen LogP contribution in [-0.4, -0.2) is 62.5 Å². The summed E-state index contributed by atoms with van der Waals surface area (Å²) in [5.41, 5.74) is 4.12. The van der Waals surface area contributed by atoms with Crippen molar-refractivity contribution in [2.24, 2.45) is 4.99 Å². The Labute approximate surface area is 267 Å². The summed E-state index contributed by atoms with van der Waals surface area (Å²) in [4.78, 5) is 30.3. The summed E-state index contributed by atoms with van der Waals surface area (Å²) in [6, 6.07) is 19.0. The number of ketones is 1. The van der Waals surface area contributed by atoms with E-state index in [2.05, 4.69) is 15.5 Å². The van der Waals surface area contributed by atoms with Gasteiger partial charge in [0.2, 0.25) is 5.91 Å². The van der Waals surface area contributed by atoms with E-state index >= 15 is 0 Å². The average Bonchev–Trinajstić information content (AvgIpc) is 3.36. The number of aromatic nitrogens is 3. The van der Waals surface area contributed by atoms with Crippen LogP contribution in [0.25, 0.3) is 5.69 Å². The Kier molecular flexibility index (Phi) is 10.4. The van der Waals surface area contributed by atoms with Gasteiger partial charge < -0.3 is 20.1 Å². The van der Waals surface area contributed by atoms with Crippen LogP contribution in [0.5, 0.6) is 5.75 Å². The van der Waals surface area contributed by atoms with Crippen LogP contribution >= 0.6 is 11.6 Å². The number of carbonyl (C=O) groups is 2. The number of fused-ring (bicyclic) bond motifs is 3. The largest absolute Gasteiger partial charge is 0.494 e. The van der Waals surface area contributed by atoms with E-state index in [1.807, 2.05) is 60.9 Å². The van der Waals surface area contributed by atoms with Crippen LogP contribution in [0.4, 0.5) is 0 Å². The molecular formula is C33H35BClN5O5. The molecule has 0 bridgehead atoms. The average molecular weight is 628 g/mol. The number of rotatable bonds is 13. The molecule has 1 aliphatic heterocycles. The topological polar surface area (TPSA) is 139 Å². The Morgan fingerprint density at radius 2 is 1.76 bits per heavy atom. The first-order valence-corrected chi connectivity index (χ1v) is 15.4. The third-order valence-electron chi connectivity index (χ3n) is 7.61. The molecule has 2 heterocycles. The van der Waals surface area contributed by atoms with Crippen molar-refractivity contribution >= 4 is 41.6 Å². The molecule has 0 saturated carbocycles. The van der Waals surface area contributed by atoms with Crippen LogP contribution in [-0.2, 0) is 4.79 Å². The van der Waals surface area contributed by atoms with Crippen LogP contribution in [0.1, 0.15) is 78.2 Å². The van der Waals surface area contributed by atoms with E-state index in [4.69, 9.17) is 21.3 Å². The highest BCUT2D eigenvalue weighted by Crippen LogP contribution is 2.34. The van der Waals surface area contributed by atoms with Crippen LogP contribution < -0.4 is 15.5 Å². The number of nitrogens with zero attached hydrogens (tertiary/aromatic N) is 4. The number of hydrogen-bond donors (Lipinski definition) is 3. The maximum atomic E-state index is 12.7. The lowest BCUT2D eigenvalue weighted by Crippen LogP contribution is -2.29. The molecule has 1 aliphatic rings. The van der Waals surface area contributed by atoms with Crippen LogP contribution in [0.15, 0.2) is 71.7 Å². The van der Waals surface area contributed by atoms with Gasteiger partial charge in [0, 0.05) is 34.7 Å². The van der Waals surface area contributed by atoms with Gasteiger partial charge in [0.25, 0.3) is 0 Å². The normalized spacial score (nSPS) is 13.7. The van der Waals surface area contributed by atoms with Gasteiger partial charge in [-0.1, -0.05) is 48.0 Å². The number of amides is 1. The minimum absolute atomic E-state index is 0.0174. The van der Waals surface area contributed by atoms with Crippen molar-refractivity contribution in [1.29, 1.82) is 0 Å². The number of benzene rings is 3. The number of ether oxygens (including phenoxy) is 1. The highest BCUT2D eigenvalue weighted by molar-refractivity contribution is 6.58. The molecule has 0 spiro atoms. The minimum Gasteiger partial charge on any atom is -0.494 e. The van der Waals surface area contributed by atoms with E-state index in [1.54, 1.807) is 24.3 Å². The lowest BCUT2D eigenvalue weighted by atomic mass is 9.80. The molecule has 1 atom stereocenters. The van der Waals surface area contributed by atoms with Crippen molar-refractivity contribution in [3.8, 4) is 11.4 Å². The lowest BCUT2D eigenvalue weighted by molar-refractivity contribution is -0.121. The third-order valence-corrected chi connectivity index (χ3v) is 7.87. The highest BCUT2D eigenvalue weighted by Gasteiger charge is 2.30. The van der Waals surface area contributed by atoms with Crippen molar-refractivity contribution in [3.05, 3.63) is 100 Å². The monoisotopic (exact) mass is 627 g/mol. The predicted molar refractivity (Wildman–Crippen MR) is 174 cm³/mol. The molecule has 3 N–H and O–H groups in total. The van der Waals surface area contributed by atoms with Gasteiger partial charge in [0.1, 0.15) is 17.6 Å². The number of hydrogen-bond acceptors (Lipinski definition) is 8. The van der Waals surface area contributed by atoms with Crippen molar-refractivity contribution in [1.82, 2.24) is 20.1 Å². The number of nitrogens with one attached hydrogen (secondary N) is 1. The van der Waals surface area contributed by atoms with Crippen molar-refractivity contribution in [3.63, 3.8) is 0 Å². The van der Waals surface area contributed by atoms with Crippen LogP contribution in [0, 0.1) is 6.92 Å². The molecule has 0 radical (unpaired) electrons. The van der Waals surface area contributed by atoms with Gasteiger partial charge in [0.05, 0.1) is 24.4 Å². The van der Waals surface area contributed by atoms with E-state index in [0.717, 1.165) is 29.7 Å². The first-order valence-electron chi connectivity index (χ1n) is 15.0. The molecule has 0 unspecified atom stereocenters. The lowest BCUT2D eigenvalue weighted by Gasteiger charge is -2.15. The summed E-state index contributed by atoms with van der Waals surface area (Å²) in [7, 11) is -1.55. The fourth-order valence-corrected chi connectivity index (χ4v) is 5.45. The zero-order valence-electron chi connectivity index (χ0n) is 25.2. The van der Waals surface area contributed by atoms with Gasteiger partial charge in [-0.2, -0.15) is 0 Å². The van der Waals surface area contributed by atoms with Crippen molar-refractivity contribution < 1.29 is 24.4 Å². The molecule has 10 nitrogen and oxygen atoms in total. The highest BCUT2D eigenvalue weighted by atomic mass is 35.5. The zero-order valence-corrected chi connectivity index (χ0v) is 26.0. The summed E-state index contributed by atoms with van der Waals surface area (Å²) in [6.07, 6.45) is 2.82. The van der Waals surface area contributed by atoms with Gasteiger partial charge in [-0.05, 0) is 68.9 Å². The van der Waals surface area contributed by atoms with Gasteiger partial charge >= 0.3 is 7.12 Å². The van der Waals surface area contributed by atoms with Gasteiger partial charge in [-0.3, -0.25) is 19.1 Å². The number of unbranched alkanes of at least 4 members (excludes halogenated alkanes) is 2. The van der Waals surface area contributed by atoms with E-state index in [1.165, 1.54) is 0 Å². The summed E-state index contributed by atoms with van der Waals surface area (Å²) in [6.45, 7) is 4.75. The SMILES string of the molecule is CCNC(=O)C[C@@H]1N=C(c2ccc(Cl)cc2)c2cc(OCCCCCC(=O)c3ccc(B(O)O)cc3)ccc2-n2c(C)nnc21. The summed E-state index contributed by atoms with van der Waals surface area (Å²) >= 11 is 6.20. The maximum absolute atomic E-state index is 12.7. The molecule has 232 valence electrons. The Bertz CT molecular complexity index is 1690. The molecule has 0 fully saturated rings. The first-order chi connectivity index (χ1) is 21.7. The van der Waals surface area contributed by atoms with Crippen molar-refractivity contribution in [2.75, 3.05) is 13.2 Å². The van der Waals surface area contributed by atoms with Gasteiger partial charge in [-0.25, -0.2) is 0 Å². The molecule has 0 aliphatic carbocycles. The molecule has 0 saturated heterocycles. The summed E-state index contributed by atoms with van der Waals surface area (Å²) < 4.78 is 8.10. The fraction of sp³-hybridized carbons (Fsp3) is 0.303. The first kappa shape index (κ1) is 32.1. The summed E-state index contributed by atoms with van der Waals surface area (Å²) in [5.74, 6) is 1.85.